The van der Waals surface area contributed by atoms with Gasteiger partial charge in [-0.3, -0.25) is 14.5 Å². The fraction of sp³-hybridized carbons (Fsp3) is 0.333. The summed E-state index contributed by atoms with van der Waals surface area (Å²) >= 11 is 0. The molecule has 1 fully saturated rings. The Balaban J connectivity index is 1.19. The Hall–Kier alpha value is -3.06. The van der Waals surface area contributed by atoms with Gasteiger partial charge in [-0.1, -0.05) is 18.2 Å². The minimum absolute atomic E-state index is 0.0244. The van der Waals surface area contributed by atoms with Gasteiger partial charge in [-0.15, -0.1) is 0 Å². The van der Waals surface area contributed by atoms with E-state index in [9.17, 15) is 9.59 Å². The van der Waals surface area contributed by atoms with Crippen LogP contribution in [0.25, 0.3) is 10.9 Å². The number of amides is 2. The standard InChI is InChI=1S/C21H24N4O3/c26-20(14-16-15-23-18-5-2-1-4-17(16)18)22-7-8-24-9-11-25(12-10-24)21(27)19-6-3-13-28-19/h1-6,13,15,23H,7-12,14H2,(H,22,26). The lowest BCUT2D eigenvalue weighted by atomic mass is 10.1. The maximum atomic E-state index is 12.3. The van der Waals surface area contributed by atoms with Gasteiger partial charge < -0.3 is 19.6 Å². The van der Waals surface area contributed by atoms with Gasteiger partial charge in [-0.2, -0.15) is 0 Å². The third kappa shape index (κ3) is 4.09. The molecule has 2 amide bonds. The smallest absolute Gasteiger partial charge is 0.289 e. The van der Waals surface area contributed by atoms with Crippen LogP contribution in [-0.4, -0.2) is 65.9 Å². The van der Waals surface area contributed by atoms with Crippen LogP contribution in [0.5, 0.6) is 0 Å². The number of aromatic nitrogens is 1. The molecule has 1 aromatic carbocycles. The molecule has 2 aromatic heterocycles. The molecule has 0 saturated carbocycles. The van der Waals surface area contributed by atoms with Crippen LogP contribution in [0, 0.1) is 0 Å². The Morgan fingerprint density at radius 1 is 1.07 bits per heavy atom. The van der Waals surface area contributed by atoms with Crippen molar-refractivity contribution in [3.05, 3.63) is 60.2 Å². The van der Waals surface area contributed by atoms with Crippen molar-refractivity contribution >= 4 is 22.7 Å². The molecule has 0 radical (unpaired) electrons. The summed E-state index contributed by atoms with van der Waals surface area (Å²) in [4.78, 5) is 31.8. The first-order valence-corrected chi connectivity index (χ1v) is 9.57. The zero-order valence-electron chi connectivity index (χ0n) is 15.7. The fourth-order valence-electron chi connectivity index (χ4n) is 3.60. The highest BCUT2D eigenvalue weighted by atomic mass is 16.3. The van der Waals surface area contributed by atoms with Gasteiger partial charge in [0.05, 0.1) is 12.7 Å². The van der Waals surface area contributed by atoms with Crippen molar-refractivity contribution in [3.63, 3.8) is 0 Å². The quantitative estimate of drug-likeness (QED) is 0.684. The van der Waals surface area contributed by atoms with Gasteiger partial charge in [0.15, 0.2) is 5.76 Å². The number of fused-ring (bicyclic) bond motifs is 1. The molecule has 3 aromatic rings. The maximum Gasteiger partial charge on any atom is 0.289 e. The summed E-state index contributed by atoms with van der Waals surface area (Å²) in [6, 6.07) is 11.4. The summed E-state index contributed by atoms with van der Waals surface area (Å²) in [6.45, 7) is 4.32. The van der Waals surface area contributed by atoms with Crippen molar-refractivity contribution in [2.75, 3.05) is 39.3 Å². The molecular formula is C21H24N4O3. The number of nitrogens with zero attached hydrogens (tertiary/aromatic N) is 2. The Morgan fingerprint density at radius 3 is 2.68 bits per heavy atom. The Kier molecular flexibility index (Phi) is 5.43. The van der Waals surface area contributed by atoms with Gasteiger partial charge in [-0.05, 0) is 23.8 Å². The van der Waals surface area contributed by atoms with Gasteiger partial charge in [0, 0.05) is 56.4 Å². The number of aromatic amines is 1. The van der Waals surface area contributed by atoms with E-state index in [1.54, 1.807) is 12.1 Å². The van der Waals surface area contributed by atoms with Crippen LogP contribution in [0.15, 0.2) is 53.3 Å². The summed E-state index contributed by atoms with van der Waals surface area (Å²) in [5.41, 5.74) is 2.06. The van der Waals surface area contributed by atoms with E-state index in [1.807, 2.05) is 35.4 Å². The molecule has 146 valence electrons. The van der Waals surface area contributed by atoms with Crippen molar-refractivity contribution in [1.82, 2.24) is 20.1 Å². The SMILES string of the molecule is O=C(Cc1c[nH]c2ccccc12)NCCN1CCN(C(=O)c2ccco2)CC1. The van der Waals surface area contributed by atoms with E-state index in [4.69, 9.17) is 4.42 Å². The van der Waals surface area contributed by atoms with E-state index < -0.39 is 0 Å². The fourth-order valence-corrected chi connectivity index (χ4v) is 3.60. The first-order valence-electron chi connectivity index (χ1n) is 9.57. The lowest BCUT2D eigenvalue weighted by Crippen LogP contribution is -2.50. The average molecular weight is 380 g/mol. The number of H-pyrrole nitrogens is 1. The molecule has 3 heterocycles. The van der Waals surface area contributed by atoms with E-state index in [0.29, 0.717) is 31.8 Å². The molecule has 4 rings (SSSR count). The molecule has 0 unspecified atom stereocenters. The van der Waals surface area contributed by atoms with Gasteiger partial charge >= 0.3 is 0 Å². The van der Waals surface area contributed by atoms with Crippen molar-refractivity contribution in [2.24, 2.45) is 0 Å². The van der Waals surface area contributed by atoms with Gasteiger partial charge in [-0.25, -0.2) is 0 Å². The lowest BCUT2D eigenvalue weighted by Gasteiger charge is -2.34. The number of piperazine rings is 1. The van der Waals surface area contributed by atoms with Crippen LogP contribution < -0.4 is 5.32 Å². The molecule has 0 atom stereocenters. The molecule has 0 spiro atoms. The van der Waals surface area contributed by atoms with Gasteiger partial charge in [0.1, 0.15) is 0 Å². The molecule has 2 N–H and O–H groups in total. The number of rotatable bonds is 6. The average Bonchev–Trinajstić information content (AvgIpc) is 3.39. The molecule has 1 aliphatic rings. The number of benzene rings is 1. The second-order valence-electron chi connectivity index (χ2n) is 7.00. The second-order valence-corrected chi connectivity index (χ2v) is 7.00. The molecule has 0 bridgehead atoms. The van der Waals surface area contributed by atoms with Crippen LogP contribution >= 0.6 is 0 Å². The molecular weight excluding hydrogens is 356 g/mol. The van der Waals surface area contributed by atoms with E-state index in [0.717, 1.165) is 36.1 Å². The summed E-state index contributed by atoms with van der Waals surface area (Å²) < 4.78 is 5.18. The lowest BCUT2D eigenvalue weighted by molar-refractivity contribution is -0.120. The number of hydrogen-bond donors (Lipinski definition) is 2. The highest BCUT2D eigenvalue weighted by molar-refractivity contribution is 5.91. The zero-order chi connectivity index (χ0) is 19.3. The molecule has 28 heavy (non-hydrogen) atoms. The first kappa shape index (κ1) is 18.3. The third-order valence-electron chi connectivity index (χ3n) is 5.17. The van der Waals surface area contributed by atoms with Crippen molar-refractivity contribution in [1.29, 1.82) is 0 Å². The largest absolute Gasteiger partial charge is 0.459 e. The van der Waals surface area contributed by atoms with Gasteiger partial charge in [0.2, 0.25) is 5.91 Å². The Labute approximate surface area is 163 Å². The molecule has 7 heteroatoms. The topological polar surface area (TPSA) is 81.6 Å². The van der Waals surface area contributed by atoms with E-state index >= 15 is 0 Å². The summed E-state index contributed by atoms with van der Waals surface area (Å²) in [6.07, 6.45) is 3.79. The van der Waals surface area contributed by atoms with Crippen LogP contribution in [0.3, 0.4) is 0 Å². The normalized spacial score (nSPS) is 15.1. The van der Waals surface area contributed by atoms with Gasteiger partial charge in [0.25, 0.3) is 5.91 Å². The monoisotopic (exact) mass is 380 g/mol. The predicted molar refractivity (Wildman–Crippen MR) is 106 cm³/mol. The zero-order valence-corrected chi connectivity index (χ0v) is 15.7. The van der Waals surface area contributed by atoms with Crippen molar-refractivity contribution in [2.45, 2.75) is 6.42 Å². The predicted octanol–water partition coefficient (Wildman–Crippen LogP) is 1.88. The summed E-state index contributed by atoms with van der Waals surface area (Å²) in [7, 11) is 0. The molecule has 1 aliphatic heterocycles. The number of nitrogens with one attached hydrogen (secondary N) is 2. The number of hydrogen-bond acceptors (Lipinski definition) is 4. The second kappa shape index (κ2) is 8.31. The Morgan fingerprint density at radius 2 is 1.89 bits per heavy atom. The summed E-state index contributed by atoms with van der Waals surface area (Å²) in [5.74, 6) is 0.353. The van der Waals surface area contributed by atoms with E-state index in [1.165, 1.54) is 6.26 Å². The van der Waals surface area contributed by atoms with Crippen molar-refractivity contribution < 1.29 is 14.0 Å². The summed E-state index contributed by atoms with van der Waals surface area (Å²) in [5, 5.41) is 4.09. The van der Waals surface area contributed by atoms with Crippen LogP contribution in [0.4, 0.5) is 0 Å². The minimum atomic E-state index is -0.0586. The maximum absolute atomic E-state index is 12.3. The molecule has 1 saturated heterocycles. The number of para-hydroxylation sites is 1. The number of carbonyl (C=O) groups excluding carboxylic acids is 2. The molecule has 0 aliphatic carbocycles. The Bertz CT molecular complexity index is 940. The van der Waals surface area contributed by atoms with E-state index in [2.05, 4.69) is 15.2 Å². The highest BCUT2D eigenvalue weighted by Gasteiger charge is 2.23. The van der Waals surface area contributed by atoms with Crippen LogP contribution in [0.2, 0.25) is 0 Å². The minimum Gasteiger partial charge on any atom is -0.459 e. The first-order chi connectivity index (χ1) is 13.7. The third-order valence-corrected chi connectivity index (χ3v) is 5.17. The number of furan rings is 1. The molecule has 7 nitrogen and oxygen atoms in total. The highest BCUT2D eigenvalue weighted by Crippen LogP contribution is 2.17. The van der Waals surface area contributed by atoms with Crippen LogP contribution in [-0.2, 0) is 11.2 Å². The van der Waals surface area contributed by atoms with E-state index in [-0.39, 0.29) is 11.8 Å². The number of carbonyl (C=O) groups is 2. The van der Waals surface area contributed by atoms with Crippen molar-refractivity contribution in [3.8, 4) is 0 Å². The van der Waals surface area contributed by atoms with Crippen LogP contribution in [0.1, 0.15) is 16.1 Å².